The molecule has 0 aliphatic rings. The monoisotopic (exact) mass is 297 g/mol. The minimum Gasteiger partial charge on any atom is -0.504 e. The molecular formula is C18H19NO3. The maximum atomic E-state index is 12.1. The van der Waals surface area contributed by atoms with Crippen LogP contribution in [0.4, 0.5) is 5.69 Å². The molecule has 1 amide bonds. The Morgan fingerprint density at radius 2 is 1.86 bits per heavy atom. The van der Waals surface area contributed by atoms with Crippen LogP contribution in [0, 0.1) is 13.8 Å². The maximum absolute atomic E-state index is 12.1. The van der Waals surface area contributed by atoms with Crippen LogP contribution in [0.15, 0.2) is 54.3 Å². The van der Waals surface area contributed by atoms with Crippen LogP contribution in [0.25, 0.3) is 0 Å². The summed E-state index contributed by atoms with van der Waals surface area (Å²) in [5, 5.41) is 12.4. The second-order valence-electron chi connectivity index (χ2n) is 5.14. The van der Waals surface area contributed by atoms with Crippen LogP contribution in [0.2, 0.25) is 0 Å². The van der Waals surface area contributed by atoms with Gasteiger partial charge in [0.05, 0.1) is 6.26 Å². The quantitative estimate of drug-likeness (QED) is 0.664. The number of carbonyl (C=O) groups excluding carboxylic acids is 1. The standard InChI is InChI=1S/C18H19NO3/c1-12-8-9-15(10-13(12)2)19-18(21)14(3)11-22-17-7-5-4-6-16(17)20/h4-11,20H,1-3H3,(H,19,21)/b14-11+. The Hall–Kier alpha value is -2.75. The van der Waals surface area contributed by atoms with E-state index in [1.54, 1.807) is 25.1 Å². The molecule has 2 N–H and O–H groups in total. The fraction of sp³-hybridized carbons (Fsp3) is 0.167. The van der Waals surface area contributed by atoms with Gasteiger partial charge in [-0.05, 0) is 56.2 Å². The van der Waals surface area contributed by atoms with Crippen LogP contribution in [0.5, 0.6) is 11.5 Å². The number of para-hydroxylation sites is 2. The Labute approximate surface area is 130 Å². The number of benzene rings is 2. The number of hydrogen-bond donors (Lipinski definition) is 2. The Morgan fingerprint density at radius 1 is 1.14 bits per heavy atom. The molecule has 0 aliphatic carbocycles. The summed E-state index contributed by atoms with van der Waals surface area (Å²) in [7, 11) is 0. The summed E-state index contributed by atoms with van der Waals surface area (Å²) in [6.45, 7) is 5.66. The van der Waals surface area contributed by atoms with Crippen LogP contribution in [-0.2, 0) is 4.79 Å². The van der Waals surface area contributed by atoms with Crippen LogP contribution < -0.4 is 10.1 Å². The van der Waals surface area contributed by atoms with Gasteiger partial charge in [-0.3, -0.25) is 4.79 Å². The highest BCUT2D eigenvalue weighted by molar-refractivity contribution is 6.03. The number of hydrogen-bond acceptors (Lipinski definition) is 3. The zero-order chi connectivity index (χ0) is 16.1. The van der Waals surface area contributed by atoms with Gasteiger partial charge >= 0.3 is 0 Å². The first-order chi connectivity index (χ1) is 10.5. The van der Waals surface area contributed by atoms with E-state index in [-0.39, 0.29) is 11.7 Å². The highest BCUT2D eigenvalue weighted by atomic mass is 16.5. The normalized spacial score (nSPS) is 11.1. The van der Waals surface area contributed by atoms with Crippen molar-refractivity contribution in [2.75, 3.05) is 5.32 Å². The van der Waals surface area contributed by atoms with Gasteiger partial charge in [0, 0.05) is 11.3 Å². The molecule has 0 aromatic heterocycles. The van der Waals surface area contributed by atoms with Gasteiger partial charge in [-0.15, -0.1) is 0 Å². The van der Waals surface area contributed by atoms with Crippen molar-refractivity contribution >= 4 is 11.6 Å². The number of carbonyl (C=O) groups is 1. The summed E-state index contributed by atoms with van der Waals surface area (Å²) >= 11 is 0. The van der Waals surface area contributed by atoms with Crippen molar-refractivity contribution in [2.45, 2.75) is 20.8 Å². The number of anilines is 1. The zero-order valence-electron chi connectivity index (χ0n) is 12.9. The van der Waals surface area contributed by atoms with E-state index in [2.05, 4.69) is 5.32 Å². The molecule has 0 aliphatic heterocycles. The molecule has 0 atom stereocenters. The van der Waals surface area contributed by atoms with Crippen LogP contribution in [-0.4, -0.2) is 11.0 Å². The smallest absolute Gasteiger partial charge is 0.254 e. The third-order valence-corrected chi connectivity index (χ3v) is 3.35. The summed E-state index contributed by atoms with van der Waals surface area (Å²) in [6, 6.07) is 12.3. The Bertz CT molecular complexity index is 720. The van der Waals surface area contributed by atoms with Crippen LogP contribution >= 0.6 is 0 Å². The molecule has 114 valence electrons. The summed E-state index contributed by atoms with van der Waals surface area (Å²) in [5.41, 5.74) is 3.43. The van der Waals surface area contributed by atoms with Crippen molar-refractivity contribution in [3.8, 4) is 11.5 Å². The number of aromatic hydroxyl groups is 1. The molecule has 0 heterocycles. The summed E-state index contributed by atoms with van der Waals surface area (Å²) in [4.78, 5) is 12.1. The Kier molecular flexibility index (Phi) is 4.84. The van der Waals surface area contributed by atoms with Gasteiger partial charge in [0.2, 0.25) is 0 Å². The lowest BCUT2D eigenvalue weighted by Crippen LogP contribution is -2.13. The Balaban J connectivity index is 2.04. The lowest BCUT2D eigenvalue weighted by atomic mass is 10.1. The van der Waals surface area contributed by atoms with Gasteiger partial charge in [0.25, 0.3) is 5.91 Å². The first-order valence-electron chi connectivity index (χ1n) is 6.97. The summed E-state index contributed by atoms with van der Waals surface area (Å²) < 4.78 is 5.33. The van der Waals surface area contributed by atoms with Gasteiger partial charge < -0.3 is 15.2 Å². The van der Waals surface area contributed by atoms with E-state index < -0.39 is 0 Å². The SMILES string of the molecule is C/C(=C\Oc1ccccc1O)C(=O)Nc1ccc(C)c(C)c1. The number of amides is 1. The lowest BCUT2D eigenvalue weighted by molar-refractivity contribution is -0.112. The maximum Gasteiger partial charge on any atom is 0.254 e. The number of rotatable bonds is 4. The highest BCUT2D eigenvalue weighted by Crippen LogP contribution is 2.24. The summed E-state index contributed by atoms with van der Waals surface area (Å²) in [6.07, 6.45) is 1.32. The minimum absolute atomic E-state index is 0.0288. The molecule has 0 bridgehead atoms. The van der Waals surface area contributed by atoms with E-state index in [1.165, 1.54) is 17.9 Å². The van der Waals surface area contributed by atoms with Crippen LogP contribution in [0.3, 0.4) is 0 Å². The highest BCUT2D eigenvalue weighted by Gasteiger charge is 2.07. The first kappa shape index (κ1) is 15.6. The topological polar surface area (TPSA) is 58.6 Å². The molecule has 0 spiro atoms. The van der Waals surface area contributed by atoms with Crippen molar-refractivity contribution in [3.05, 3.63) is 65.4 Å². The molecule has 0 saturated heterocycles. The molecule has 0 fully saturated rings. The Morgan fingerprint density at radius 3 is 2.55 bits per heavy atom. The van der Waals surface area contributed by atoms with E-state index in [1.807, 2.05) is 32.0 Å². The van der Waals surface area contributed by atoms with Gasteiger partial charge in [-0.25, -0.2) is 0 Å². The average molecular weight is 297 g/mol. The van der Waals surface area contributed by atoms with Gasteiger partial charge in [0.1, 0.15) is 0 Å². The van der Waals surface area contributed by atoms with Crippen molar-refractivity contribution in [3.63, 3.8) is 0 Å². The number of phenols is 1. The van der Waals surface area contributed by atoms with Crippen LogP contribution in [0.1, 0.15) is 18.1 Å². The van der Waals surface area contributed by atoms with Crippen molar-refractivity contribution in [1.82, 2.24) is 0 Å². The van der Waals surface area contributed by atoms with Crippen molar-refractivity contribution in [1.29, 1.82) is 0 Å². The second-order valence-corrected chi connectivity index (χ2v) is 5.14. The predicted molar refractivity (Wildman–Crippen MR) is 87.0 cm³/mol. The lowest BCUT2D eigenvalue weighted by Gasteiger charge is -2.08. The minimum atomic E-state index is -0.251. The van der Waals surface area contributed by atoms with E-state index in [9.17, 15) is 9.90 Å². The van der Waals surface area contributed by atoms with Crippen molar-refractivity contribution in [2.24, 2.45) is 0 Å². The zero-order valence-corrected chi connectivity index (χ0v) is 12.9. The molecule has 4 heteroatoms. The molecule has 2 rings (SSSR count). The number of phenolic OH excluding ortho intramolecular Hbond substituents is 1. The molecule has 22 heavy (non-hydrogen) atoms. The van der Waals surface area contributed by atoms with Gasteiger partial charge in [0.15, 0.2) is 11.5 Å². The average Bonchev–Trinajstić information content (AvgIpc) is 2.50. The molecule has 0 saturated carbocycles. The van der Waals surface area contributed by atoms with E-state index in [0.29, 0.717) is 11.3 Å². The summed E-state index contributed by atoms with van der Waals surface area (Å²) in [5.74, 6) is 0.0839. The molecule has 2 aromatic rings. The second kappa shape index (κ2) is 6.80. The number of aryl methyl sites for hydroxylation is 2. The molecular weight excluding hydrogens is 278 g/mol. The largest absolute Gasteiger partial charge is 0.504 e. The number of ether oxygens (including phenoxy) is 1. The molecule has 0 unspecified atom stereocenters. The fourth-order valence-electron chi connectivity index (χ4n) is 1.81. The number of nitrogens with one attached hydrogen (secondary N) is 1. The molecule has 4 nitrogen and oxygen atoms in total. The van der Waals surface area contributed by atoms with E-state index in [0.717, 1.165) is 11.3 Å². The first-order valence-corrected chi connectivity index (χ1v) is 6.97. The predicted octanol–water partition coefficient (Wildman–Crippen LogP) is 3.93. The van der Waals surface area contributed by atoms with Gasteiger partial charge in [-0.1, -0.05) is 18.2 Å². The third-order valence-electron chi connectivity index (χ3n) is 3.35. The fourth-order valence-corrected chi connectivity index (χ4v) is 1.81. The third kappa shape index (κ3) is 3.88. The van der Waals surface area contributed by atoms with E-state index in [4.69, 9.17) is 4.74 Å². The molecule has 2 aromatic carbocycles. The van der Waals surface area contributed by atoms with Crippen molar-refractivity contribution < 1.29 is 14.6 Å². The van der Waals surface area contributed by atoms with E-state index >= 15 is 0 Å². The molecule has 0 radical (unpaired) electrons. The van der Waals surface area contributed by atoms with Gasteiger partial charge in [-0.2, -0.15) is 0 Å².